The fourth-order valence-corrected chi connectivity index (χ4v) is 8.23. The topological polar surface area (TPSA) is 167 Å². The number of hydrogen-bond donors (Lipinski definition) is 3. The molecule has 14 nitrogen and oxygen atoms in total. The van der Waals surface area contributed by atoms with Gasteiger partial charge in [-0.2, -0.15) is 22.7 Å². The quantitative estimate of drug-likeness (QED) is 0.208. The Kier molecular flexibility index (Phi) is 8.59. The molecule has 1 saturated carbocycles. The summed E-state index contributed by atoms with van der Waals surface area (Å²) in [7, 11) is 3.22. The number of anilines is 2. The van der Waals surface area contributed by atoms with Crippen molar-refractivity contribution in [1.29, 1.82) is 0 Å². The van der Waals surface area contributed by atoms with Gasteiger partial charge in [0, 0.05) is 67.2 Å². The molecule has 3 aromatic heterocycles. The molecule has 0 unspecified atom stereocenters. The number of nitrogens with one attached hydrogen (secondary N) is 2. The zero-order valence-corrected chi connectivity index (χ0v) is 30.1. The van der Waals surface area contributed by atoms with Crippen molar-refractivity contribution in [3.8, 4) is 17.1 Å². The number of fused-ring (bicyclic) bond motifs is 6. The van der Waals surface area contributed by atoms with Crippen LogP contribution in [0.2, 0.25) is 5.02 Å². The number of carbonyl (C=O) groups excluding carboxylic acids is 3. The first-order valence-electron chi connectivity index (χ1n) is 17.4. The van der Waals surface area contributed by atoms with E-state index in [1.54, 1.807) is 47.8 Å². The van der Waals surface area contributed by atoms with Crippen LogP contribution in [-0.2, 0) is 22.9 Å². The predicted molar refractivity (Wildman–Crippen MR) is 194 cm³/mol. The van der Waals surface area contributed by atoms with Crippen molar-refractivity contribution in [2.75, 3.05) is 37.8 Å². The monoisotopic (exact) mass is 775 g/mol. The number of aromatic nitrogens is 5. The number of benzene rings is 2. The molecule has 1 saturated heterocycles. The molecule has 284 valence electrons. The van der Waals surface area contributed by atoms with Crippen LogP contribution in [0.25, 0.3) is 17.2 Å². The maximum atomic E-state index is 14.6. The van der Waals surface area contributed by atoms with Crippen LogP contribution < -0.4 is 16.2 Å². The first-order chi connectivity index (χ1) is 26.2. The Labute approximate surface area is 315 Å². The van der Waals surface area contributed by atoms with Crippen LogP contribution >= 0.6 is 11.6 Å². The molecule has 5 aromatic rings. The Hall–Kier alpha value is -5.97. The second kappa shape index (κ2) is 13.1. The zero-order chi connectivity index (χ0) is 39.0. The van der Waals surface area contributed by atoms with Crippen molar-refractivity contribution in [3.05, 3.63) is 98.7 Å². The average molecular weight is 776 g/mol. The van der Waals surface area contributed by atoms with Gasteiger partial charge in [-0.25, -0.2) is 9.78 Å². The number of aromatic hydroxyl groups is 1. The zero-order valence-electron chi connectivity index (χ0n) is 29.4. The van der Waals surface area contributed by atoms with E-state index in [2.05, 4.69) is 20.7 Å². The average Bonchev–Trinajstić information content (AvgIpc) is 3.75. The lowest BCUT2D eigenvalue weighted by Crippen LogP contribution is -2.48. The molecule has 2 aromatic carbocycles. The normalized spacial score (nSPS) is 18.2. The Morgan fingerprint density at radius 3 is 2.44 bits per heavy atom. The van der Waals surface area contributed by atoms with Crippen molar-refractivity contribution < 1.29 is 32.7 Å². The molecule has 0 radical (unpaired) electrons. The highest BCUT2D eigenvalue weighted by molar-refractivity contribution is 6.33. The highest BCUT2D eigenvalue weighted by Gasteiger charge is 2.64. The number of piperidine rings is 1. The molecular weight excluding hydrogens is 743 g/mol. The molecule has 1 aliphatic heterocycles. The molecule has 55 heavy (non-hydrogen) atoms. The molecule has 2 atom stereocenters. The number of hydrogen-bond acceptors (Lipinski definition) is 8. The third-order valence-electron chi connectivity index (χ3n) is 10.7. The van der Waals surface area contributed by atoms with Gasteiger partial charge in [0.05, 0.1) is 16.3 Å². The van der Waals surface area contributed by atoms with Gasteiger partial charge < -0.3 is 30.1 Å². The van der Waals surface area contributed by atoms with Crippen LogP contribution in [0, 0.1) is 5.92 Å². The smallest absolute Gasteiger partial charge is 0.416 e. The first kappa shape index (κ1) is 36.0. The summed E-state index contributed by atoms with van der Waals surface area (Å²) in [6.45, 7) is 0.225. The SMILES string of the molecule is CN(C)C(=O)Nc1ccc(-c2nc3n(CC(=O)Nc4ccc(C(F)(F)F)cc4Cl)c4c(c(=O)n3n2)C2(CCN(C(=O)c3ncccc3O)CC2)[C@@H]2C[C@H]42)cc1. The highest BCUT2D eigenvalue weighted by Crippen LogP contribution is 2.67. The molecule has 3 aliphatic rings. The number of amides is 4. The number of likely N-dealkylation sites (tertiary alicyclic amines) is 1. The van der Waals surface area contributed by atoms with Crippen LogP contribution in [0.3, 0.4) is 0 Å². The van der Waals surface area contributed by atoms with Gasteiger partial charge in [0.25, 0.3) is 11.5 Å². The number of nitrogens with zero attached hydrogens (tertiary/aromatic N) is 7. The minimum atomic E-state index is -4.62. The van der Waals surface area contributed by atoms with Crippen LogP contribution in [0.4, 0.5) is 29.3 Å². The Balaban J connectivity index is 1.17. The molecule has 2 fully saturated rings. The second-order valence-electron chi connectivity index (χ2n) is 14.2. The minimum Gasteiger partial charge on any atom is -0.505 e. The summed E-state index contributed by atoms with van der Waals surface area (Å²) >= 11 is 6.17. The summed E-state index contributed by atoms with van der Waals surface area (Å²) in [4.78, 5) is 65.6. The van der Waals surface area contributed by atoms with Gasteiger partial charge in [0.15, 0.2) is 11.5 Å². The minimum absolute atomic E-state index is 0.0197. The lowest BCUT2D eigenvalue weighted by Gasteiger charge is -2.41. The number of rotatable bonds is 6. The summed E-state index contributed by atoms with van der Waals surface area (Å²) in [5, 5.41) is 19.9. The van der Waals surface area contributed by atoms with Gasteiger partial charge in [-0.1, -0.05) is 11.6 Å². The second-order valence-corrected chi connectivity index (χ2v) is 14.6. The number of alkyl halides is 3. The van der Waals surface area contributed by atoms with Gasteiger partial charge in [-0.15, -0.1) is 5.10 Å². The van der Waals surface area contributed by atoms with Crippen LogP contribution in [0.5, 0.6) is 5.75 Å². The molecule has 3 N–H and O–H groups in total. The molecule has 4 amide bonds. The fraction of sp³-hybridized carbons (Fsp3) is 0.324. The van der Waals surface area contributed by atoms with E-state index in [0.29, 0.717) is 48.4 Å². The van der Waals surface area contributed by atoms with Gasteiger partial charge in [0.1, 0.15) is 12.3 Å². The number of pyridine rings is 1. The molecule has 0 bridgehead atoms. The summed E-state index contributed by atoms with van der Waals surface area (Å²) in [5.41, 5.74) is 0.114. The fourth-order valence-electron chi connectivity index (χ4n) is 8.00. The summed E-state index contributed by atoms with van der Waals surface area (Å²) < 4.78 is 42.7. The lowest BCUT2D eigenvalue weighted by molar-refractivity contribution is -0.137. The summed E-state index contributed by atoms with van der Waals surface area (Å²) in [5.74, 6) is -1.01. The Morgan fingerprint density at radius 2 is 1.78 bits per heavy atom. The van der Waals surface area contributed by atoms with Crippen molar-refractivity contribution in [2.45, 2.75) is 43.3 Å². The molecule has 2 aliphatic carbocycles. The van der Waals surface area contributed by atoms with E-state index >= 15 is 0 Å². The lowest BCUT2D eigenvalue weighted by atomic mass is 9.71. The van der Waals surface area contributed by atoms with Crippen molar-refractivity contribution in [2.24, 2.45) is 5.92 Å². The van der Waals surface area contributed by atoms with Gasteiger partial charge in [0.2, 0.25) is 11.7 Å². The maximum Gasteiger partial charge on any atom is 0.416 e. The van der Waals surface area contributed by atoms with Gasteiger partial charge in [-0.3, -0.25) is 14.4 Å². The molecule has 8 rings (SSSR count). The van der Waals surface area contributed by atoms with Crippen molar-refractivity contribution >= 4 is 46.6 Å². The number of halogens is 4. The van der Waals surface area contributed by atoms with E-state index in [0.717, 1.165) is 24.6 Å². The number of carbonyl (C=O) groups is 3. The van der Waals surface area contributed by atoms with Gasteiger partial charge >= 0.3 is 12.2 Å². The maximum absolute atomic E-state index is 14.6. The molecular formula is C37H33ClF3N9O5. The van der Waals surface area contributed by atoms with Crippen LogP contribution in [0.1, 0.15) is 52.5 Å². The Bertz CT molecular complexity index is 2460. The van der Waals surface area contributed by atoms with E-state index in [4.69, 9.17) is 16.6 Å². The van der Waals surface area contributed by atoms with Crippen LogP contribution in [0.15, 0.2) is 65.6 Å². The largest absolute Gasteiger partial charge is 0.505 e. The van der Waals surface area contributed by atoms with E-state index in [1.165, 1.54) is 27.7 Å². The first-order valence-corrected chi connectivity index (χ1v) is 17.8. The van der Waals surface area contributed by atoms with Crippen molar-refractivity contribution in [3.63, 3.8) is 0 Å². The predicted octanol–water partition coefficient (Wildman–Crippen LogP) is 5.35. The van der Waals surface area contributed by atoms with Crippen molar-refractivity contribution in [1.82, 2.24) is 33.9 Å². The third kappa shape index (κ3) is 6.21. The molecule has 4 heterocycles. The molecule has 1 spiro atoms. The molecule has 18 heteroatoms. The highest BCUT2D eigenvalue weighted by atomic mass is 35.5. The van der Waals surface area contributed by atoms with Gasteiger partial charge in [-0.05, 0) is 79.8 Å². The van der Waals surface area contributed by atoms with E-state index in [9.17, 15) is 37.5 Å². The summed E-state index contributed by atoms with van der Waals surface area (Å²) in [6, 6.07) is 12.0. The van der Waals surface area contributed by atoms with E-state index < -0.39 is 34.5 Å². The Morgan fingerprint density at radius 1 is 1.05 bits per heavy atom. The van der Waals surface area contributed by atoms with Crippen LogP contribution in [-0.4, -0.2) is 84.1 Å². The summed E-state index contributed by atoms with van der Waals surface area (Å²) in [6.07, 6.45) is -1.57. The standard InChI is InChI=1S/C37H33ClF3N9O5/c1-47(2)35(55)43-21-8-5-19(6-9-21)31-45-34-49(18-27(52)44-25-10-7-20(16-24(25)38)37(39,40)41)30-22-17-23(22)36(28(30)32(53)50(34)46-31)11-14-48(15-12-36)33(54)29-26(51)4-3-13-42-29/h3-10,13,16,22-23,51H,11-12,14-15,17-18H2,1-2H3,(H,43,55)(H,44,52)/t22-,23+/m0/s1. The number of urea groups is 1. The third-order valence-corrected chi connectivity index (χ3v) is 11.1. The van der Waals surface area contributed by atoms with E-state index in [-0.39, 0.29) is 58.2 Å². The van der Waals surface area contributed by atoms with E-state index in [1.807, 2.05) is 0 Å².